The van der Waals surface area contributed by atoms with Crippen LogP contribution in [-0.4, -0.2) is 43.1 Å². The van der Waals surface area contributed by atoms with E-state index in [0.29, 0.717) is 49.2 Å². The van der Waals surface area contributed by atoms with Gasteiger partial charge in [0.25, 0.3) is 5.91 Å². The first-order valence-corrected chi connectivity index (χ1v) is 12.7. The monoisotopic (exact) mass is 599 g/mol. The van der Waals surface area contributed by atoms with Gasteiger partial charge in [-0.3, -0.25) is 9.78 Å². The van der Waals surface area contributed by atoms with Crippen molar-refractivity contribution < 1.29 is 22.4 Å². The molecule has 2 saturated heterocycles. The van der Waals surface area contributed by atoms with E-state index in [0.717, 1.165) is 43.5 Å². The van der Waals surface area contributed by atoms with E-state index in [1.807, 2.05) is 9.80 Å². The predicted molar refractivity (Wildman–Crippen MR) is 154 cm³/mol. The summed E-state index contributed by atoms with van der Waals surface area (Å²) in [6.45, 7) is 4.65. The summed E-state index contributed by atoms with van der Waals surface area (Å²) in [6, 6.07) is 5.60. The number of carbonyl (C=O) groups excluding carboxylic acids is 1. The van der Waals surface area contributed by atoms with Crippen LogP contribution in [0, 0.1) is 29.2 Å². The van der Waals surface area contributed by atoms with Gasteiger partial charge in [0.05, 0.1) is 34.3 Å². The van der Waals surface area contributed by atoms with Gasteiger partial charge in [-0.25, -0.2) is 17.6 Å². The maximum Gasteiger partial charge on any atom is 0.258 e. The number of halogens is 6. The maximum absolute atomic E-state index is 15.6. The van der Waals surface area contributed by atoms with Crippen LogP contribution in [0.25, 0.3) is 11.1 Å². The van der Waals surface area contributed by atoms with Crippen molar-refractivity contribution in [1.82, 2.24) is 4.98 Å². The normalized spacial score (nSPS) is 18.6. The highest BCUT2D eigenvalue weighted by Crippen LogP contribution is 2.36. The molecular formula is C28H31Cl2F4N5O. The quantitative estimate of drug-likeness (QED) is 0.343. The molecular weight excluding hydrogens is 569 g/mol. The lowest BCUT2D eigenvalue weighted by atomic mass is 9.96. The van der Waals surface area contributed by atoms with E-state index in [1.165, 1.54) is 6.20 Å². The molecule has 1 amide bonds. The molecule has 3 heterocycles. The van der Waals surface area contributed by atoms with Gasteiger partial charge in [0.2, 0.25) is 0 Å². The molecule has 6 nitrogen and oxygen atoms in total. The van der Waals surface area contributed by atoms with Crippen LogP contribution in [0.1, 0.15) is 36.5 Å². The number of pyridine rings is 1. The Morgan fingerprint density at radius 3 is 2.27 bits per heavy atom. The number of amides is 1. The number of piperidine rings is 1. The first kappa shape index (κ1) is 31.4. The number of nitrogens with two attached hydrogens (primary N) is 1. The summed E-state index contributed by atoms with van der Waals surface area (Å²) in [4.78, 5) is 21.1. The van der Waals surface area contributed by atoms with Crippen molar-refractivity contribution in [2.75, 3.05) is 41.3 Å². The van der Waals surface area contributed by atoms with Gasteiger partial charge in [-0.05, 0) is 55.5 Å². The first-order chi connectivity index (χ1) is 18.2. The van der Waals surface area contributed by atoms with Crippen LogP contribution in [0.3, 0.4) is 0 Å². The molecule has 40 heavy (non-hydrogen) atoms. The zero-order chi connectivity index (χ0) is 27.0. The summed E-state index contributed by atoms with van der Waals surface area (Å²) in [7, 11) is 0. The van der Waals surface area contributed by atoms with Crippen LogP contribution in [0.4, 0.5) is 34.6 Å². The lowest BCUT2D eigenvalue weighted by molar-refractivity contribution is 0.102. The number of benzene rings is 2. The van der Waals surface area contributed by atoms with Crippen LogP contribution in [0.5, 0.6) is 0 Å². The van der Waals surface area contributed by atoms with Gasteiger partial charge in [0, 0.05) is 44.1 Å². The number of hydrogen-bond donors (Lipinski definition) is 2. The Morgan fingerprint density at radius 2 is 1.62 bits per heavy atom. The first-order valence-electron chi connectivity index (χ1n) is 12.7. The van der Waals surface area contributed by atoms with Crippen LogP contribution in [0.2, 0.25) is 0 Å². The van der Waals surface area contributed by atoms with Gasteiger partial charge in [0.15, 0.2) is 0 Å². The van der Waals surface area contributed by atoms with Crippen molar-refractivity contribution in [3.63, 3.8) is 0 Å². The SMILES string of the molecule is C[C@@H]1C[C@H](N)CN(c2ccncc2NC(=O)c2ccc(F)c(-c3c(F)cc(N4CCCC4)cc3F)c2F)C1.Cl.Cl. The van der Waals surface area contributed by atoms with Crippen molar-refractivity contribution in [2.24, 2.45) is 11.7 Å². The number of hydrogen-bond acceptors (Lipinski definition) is 5. The Bertz CT molecular complexity index is 1340. The van der Waals surface area contributed by atoms with Gasteiger partial charge in [-0.1, -0.05) is 6.92 Å². The van der Waals surface area contributed by atoms with Crippen molar-refractivity contribution in [1.29, 1.82) is 0 Å². The van der Waals surface area contributed by atoms with Crippen LogP contribution < -0.4 is 20.9 Å². The van der Waals surface area contributed by atoms with E-state index >= 15 is 13.2 Å². The molecule has 3 N–H and O–H groups in total. The largest absolute Gasteiger partial charge is 0.371 e. The number of nitrogens with one attached hydrogen (secondary N) is 1. The number of anilines is 3. The summed E-state index contributed by atoms with van der Waals surface area (Å²) < 4.78 is 60.6. The van der Waals surface area contributed by atoms with E-state index in [9.17, 15) is 9.18 Å². The molecule has 2 fully saturated rings. The van der Waals surface area contributed by atoms with E-state index in [4.69, 9.17) is 5.73 Å². The summed E-state index contributed by atoms with van der Waals surface area (Å²) in [6.07, 6.45) is 5.67. The molecule has 2 aliphatic rings. The standard InChI is InChI=1S/C28H29F4N5O.2ClH/c1-16-10-17(33)15-37(14-16)24-6-7-34-13-23(24)35-28(38)19-4-5-20(29)26(27(19)32)25-21(30)11-18(12-22(25)31)36-8-2-3-9-36;;/h4-7,11-13,16-17H,2-3,8-10,14-15,33H2,1H3,(H,35,38);2*1H/t16-,17+;;/m1../s1. The Hall–Kier alpha value is -3.08. The summed E-state index contributed by atoms with van der Waals surface area (Å²) in [5.74, 6) is -5.31. The zero-order valence-electron chi connectivity index (χ0n) is 21.8. The second-order valence-corrected chi connectivity index (χ2v) is 10.1. The summed E-state index contributed by atoms with van der Waals surface area (Å²) >= 11 is 0. The Labute approximate surface area is 242 Å². The van der Waals surface area contributed by atoms with Gasteiger partial charge in [-0.15, -0.1) is 24.8 Å². The molecule has 0 radical (unpaired) electrons. The van der Waals surface area contributed by atoms with Gasteiger partial charge in [-0.2, -0.15) is 0 Å². The highest BCUT2D eigenvalue weighted by atomic mass is 35.5. The highest BCUT2D eigenvalue weighted by molar-refractivity contribution is 6.06. The van der Waals surface area contributed by atoms with E-state index in [2.05, 4.69) is 17.2 Å². The van der Waals surface area contributed by atoms with Crippen LogP contribution >= 0.6 is 24.8 Å². The number of carbonyl (C=O) groups is 1. The summed E-state index contributed by atoms with van der Waals surface area (Å²) in [5.41, 5.74) is 5.13. The molecule has 216 valence electrons. The van der Waals surface area contributed by atoms with Crippen molar-refractivity contribution in [2.45, 2.75) is 32.2 Å². The van der Waals surface area contributed by atoms with E-state index < -0.39 is 45.9 Å². The van der Waals surface area contributed by atoms with E-state index in [-0.39, 0.29) is 30.9 Å². The van der Waals surface area contributed by atoms with E-state index in [1.54, 1.807) is 12.3 Å². The van der Waals surface area contributed by atoms with Crippen molar-refractivity contribution >= 4 is 47.8 Å². The fraction of sp³-hybridized carbons (Fsp3) is 0.357. The molecule has 0 spiro atoms. The number of rotatable bonds is 5. The van der Waals surface area contributed by atoms with Crippen molar-refractivity contribution in [3.05, 3.63) is 71.6 Å². The maximum atomic E-state index is 15.6. The average Bonchev–Trinajstić information content (AvgIpc) is 3.40. The Kier molecular flexibility index (Phi) is 10.3. The van der Waals surface area contributed by atoms with Gasteiger partial charge >= 0.3 is 0 Å². The topological polar surface area (TPSA) is 74.5 Å². The van der Waals surface area contributed by atoms with Crippen molar-refractivity contribution in [3.8, 4) is 11.1 Å². The van der Waals surface area contributed by atoms with Crippen LogP contribution in [-0.2, 0) is 0 Å². The molecule has 2 aliphatic heterocycles. The van der Waals surface area contributed by atoms with Gasteiger partial charge in [0.1, 0.15) is 23.3 Å². The molecule has 5 rings (SSSR count). The smallest absolute Gasteiger partial charge is 0.258 e. The minimum atomic E-state index is -1.35. The predicted octanol–water partition coefficient (Wildman–Crippen LogP) is 6.17. The Morgan fingerprint density at radius 1 is 0.950 bits per heavy atom. The number of aromatic nitrogens is 1. The molecule has 0 unspecified atom stereocenters. The lowest BCUT2D eigenvalue weighted by Gasteiger charge is -2.37. The van der Waals surface area contributed by atoms with Crippen LogP contribution in [0.15, 0.2) is 42.7 Å². The highest BCUT2D eigenvalue weighted by Gasteiger charge is 2.28. The third-order valence-corrected chi connectivity index (χ3v) is 7.16. The fourth-order valence-corrected chi connectivity index (χ4v) is 5.46. The molecule has 2 aromatic carbocycles. The third-order valence-electron chi connectivity index (χ3n) is 7.16. The third kappa shape index (κ3) is 6.29. The minimum absolute atomic E-state index is 0. The molecule has 2 atom stereocenters. The summed E-state index contributed by atoms with van der Waals surface area (Å²) in [5, 5.41) is 2.63. The molecule has 1 aromatic heterocycles. The fourth-order valence-electron chi connectivity index (χ4n) is 5.46. The zero-order valence-corrected chi connectivity index (χ0v) is 23.4. The number of nitrogens with zero attached hydrogens (tertiary/aromatic N) is 3. The Balaban J connectivity index is 0.00000220. The molecule has 0 saturated carbocycles. The molecule has 0 aliphatic carbocycles. The molecule has 3 aromatic rings. The lowest BCUT2D eigenvalue weighted by Crippen LogP contribution is -2.46. The molecule has 0 bridgehead atoms. The molecule has 12 heteroatoms. The van der Waals surface area contributed by atoms with Gasteiger partial charge < -0.3 is 20.9 Å². The average molecular weight is 600 g/mol. The minimum Gasteiger partial charge on any atom is -0.371 e. The second kappa shape index (κ2) is 13.1. The second-order valence-electron chi connectivity index (χ2n) is 10.1.